The molecule has 27 heteroatoms. The molecule has 0 radical (unpaired) electrons. The maximum absolute atomic E-state index is 14.4. The highest BCUT2D eigenvalue weighted by molar-refractivity contribution is 6.00. The molecule has 0 fully saturated rings. The Bertz CT molecular complexity index is 2430. The molecule has 0 aliphatic rings. The van der Waals surface area contributed by atoms with Crippen LogP contribution in [0.25, 0.3) is 0 Å². The minimum atomic E-state index is -1.97. The molecule has 0 aromatic heterocycles. The first kappa shape index (κ1) is 65.9. The lowest BCUT2D eigenvalue weighted by atomic mass is 9.96. The maximum Gasteiger partial charge on any atom is 0.326 e. The highest BCUT2D eigenvalue weighted by Gasteiger charge is 2.38. The third-order valence-electron chi connectivity index (χ3n) is 12.6. The fourth-order valence-corrected chi connectivity index (χ4v) is 7.58. The number of phenols is 1. The number of nitrogens with one attached hydrogen (secondary N) is 8. The lowest BCUT2D eigenvalue weighted by Gasteiger charge is -2.30. The molecular weight excluding hydrogens is 1020 g/mol. The van der Waals surface area contributed by atoms with Crippen LogP contribution in [0.4, 0.5) is 0 Å². The van der Waals surface area contributed by atoms with E-state index in [1.165, 1.54) is 24.3 Å². The predicted octanol–water partition coefficient (Wildman–Crippen LogP) is -3.18. The number of phenolic OH excluding ortho intramolecular Hbond substituents is 1. The molecular formula is C51H75N11O16. The van der Waals surface area contributed by atoms with Gasteiger partial charge in [0, 0.05) is 19.3 Å². The van der Waals surface area contributed by atoms with Gasteiger partial charge >= 0.3 is 11.9 Å². The Morgan fingerprint density at radius 3 is 1.38 bits per heavy atom. The van der Waals surface area contributed by atoms with Crippen molar-refractivity contribution in [2.24, 2.45) is 35.0 Å². The van der Waals surface area contributed by atoms with E-state index in [2.05, 4.69) is 42.5 Å². The molecule has 430 valence electrons. The number of aromatic hydroxyl groups is 1. The monoisotopic (exact) mass is 1100 g/mol. The molecule has 0 aliphatic heterocycles. The Morgan fingerprint density at radius 2 is 0.897 bits per heavy atom. The zero-order valence-corrected chi connectivity index (χ0v) is 44.4. The Kier molecular flexibility index (Phi) is 27.4. The van der Waals surface area contributed by atoms with Gasteiger partial charge in [-0.3, -0.25) is 52.7 Å². The van der Waals surface area contributed by atoms with E-state index in [1.54, 1.807) is 71.9 Å². The average Bonchev–Trinajstić information content (AvgIpc) is 3.38. The van der Waals surface area contributed by atoms with E-state index in [4.69, 9.17) is 17.2 Å². The largest absolute Gasteiger partial charge is 0.508 e. The highest BCUT2D eigenvalue weighted by atomic mass is 16.4. The third-order valence-corrected chi connectivity index (χ3v) is 12.6. The number of carbonyl (C=O) groups is 12. The van der Waals surface area contributed by atoms with Crippen LogP contribution < -0.4 is 59.7 Å². The van der Waals surface area contributed by atoms with Crippen molar-refractivity contribution in [2.45, 2.75) is 147 Å². The van der Waals surface area contributed by atoms with E-state index in [0.717, 1.165) is 0 Å². The van der Waals surface area contributed by atoms with Crippen molar-refractivity contribution in [2.75, 3.05) is 6.61 Å². The summed E-state index contributed by atoms with van der Waals surface area (Å²) in [6.45, 7) is 8.70. The van der Waals surface area contributed by atoms with Crippen molar-refractivity contribution in [1.29, 1.82) is 0 Å². The van der Waals surface area contributed by atoms with Gasteiger partial charge in [-0.1, -0.05) is 96.8 Å². The third kappa shape index (κ3) is 22.2. The van der Waals surface area contributed by atoms with Crippen LogP contribution in [-0.4, -0.2) is 152 Å². The Balaban J connectivity index is 2.52. The Morgan fingerprint density at radius 1 is 0.487 bits per heavy atom. The molecule has 18 N–H and O–H groups in total. The SMILES string of the molecule is CC[C@H](C)[C@H](NC(=O)[C@@H](NC(=O)[C@H](CC(N)=O)NC(=O)[C@@H](NC(=O)[C@H](Cc1ccccc1)NC(=O)[C@H](CC(=O)O)NC(=O)[C@H](Cc1ccc(O)cc1)NC(=O)[C@H](CO)NC(=O)[C@@H](N)CCC(N)=O)[C@@H](C)CC)C(C)C)C(=O)O. The lowest BCUT2D eigenvalue weighted by molar-refractivity contribution is -0.144. The summed E-state index contributed by atoms with van der Waals surface area (Å²) in [6, 6.07) is -0.820. The molecule has 10 amide bonds. The molecule has 0 unspecified atom stereocenters. The molecule has 2 aromatic rings. The van der Waals surface area contributed by atoms with E-state index >= 15 is 0 Å². The lowest BCUT2D eigenvalue weighted by Crippen LogP contribution is -2.62. The van der Waals surface area contributed by atoms with Gasteiger partial charge in [0.25, 0.3) is 0 Å². The van der Waals surface area contributed by atoms with Crippen molar-refractivity contribution >= 4 is 71.0 Å². The molecule has 2 rings (SSSR count). The van der Waals surface area contributed by atoms with E-state index in [-0.39, 0.29) is 37.9 Å². The zero-order chi connectivity index (χ0) is 59.0. The number of carboxylic acids is 2. The molecule has 0 aliphatic carbocycles. The number of aliphatic hydroxyl groups excluding tert-OH is 1. The molecule has 0 heterocycles. The van der Waals surface area contributed by atoms with Gasteiger partial charge in [-0.2, -0.15) is 0 Å². The fraction of sp³-hybridized carbons (Fsp3) is 0.529. The summed E-state index contributed by atoms with van der Waals surface area (Å²) in [4.78, 5) is 158. The summed E-state index contributed by atoms with van der Waals surface area (Å²) in [5, 5.41) is 58.8. The van der Waals surface area contributed by atoms with Crippen LogP contribution in [0.2, 0.25) is 0 Å². The maximum atomic E-state index is 14.4. The van der Waals surface area contributed by atoms with Crippen LogP contribution >= 0.6 is 0 Å². The number of aliphatic hydroxyl groups is 1. The first-order valence-electron chi connectivity index (χ1n) is 25.2. The van der Waals surface area contributed by atoms with Crippen LogP contribution in [0, 0.1) is 17.8 Å². The molecule has 0 spiro atoms. The van der Waals surface area contributed by atoms with Gasteiger partial charge in [-0.15, -0.1) is 0 Å². The number of aliphatic carboxylic acids is 2. The summed E-state index contributed by atoms with van der Waals surface area (Å²) in [5.74, 6) is -15.1. The van der Waals surface area contributed by atoms with E-state index in [9.17, 15) is 78.0 Å². The van der Waals surface area contributed by atoms with Crippen LogP contribution in [0.5, 0.6) is 5.75 Å². The number of benzene rings is 2. The standard InChI is InChI=1S/C51H75N11O16/c1-7-26(5)41(50(76)58-34(22-38(54)66)47(73)60-40(25(3)4)49(75)62-42(51(77)78)27(6)8-2)61-46(72)33(20-28-12-10-9-11-13-28)55-45(71)35(23-39(67)68)57-44(70)32(21-29-14-16-30(64)17-15-29)56-48(74)36(24-63)59-43(69)31(52)18-19-37(53)65/h9-17,25-27,31-36,40-42,63-64H,7-8,18-24,52H2,1-6H3,(H2,53,65)(H2,54,66)(H,55,71)(H,56,74)(H,57,70)(H,58,76)(H,59,69)(H,60,73)(H,61,72)(H,62,75)(H,67,68)(H,77,78)/t26-,27-,31-,32-,33-,34-,35-,36-,40-,41-,42-/m0/s1. The van der Waals surface area contributed by atoms with Crippen molar-refractivity contribution < 1.29 is 78.0 Å². The summed E-state index contributed by atoms with van der Waals surface area (Å²) in [7, 11) is 0. The number of nitrogens with two attached hydrogens (primary N) is 3. The minimum absolute atomic E-state index is 0.160. The van der Waals surface area contributed by atoms with Gasteiger partial charge < -0.3 is 80.2 Å². The van der Waals surface area contributed by atoms with Gasteiger partial charge in [0.15, 0.2) is 0 Å². The summed E-state index contributed by atoms with van der Waals surface area (Å²) >= 11 is 0. The van der Waals surface area contributed by atoms with E-state index in [1.807, 2.05) is 0 Å². The van der Waals surface area contributed by atoms with Crippen LogP contribution in [0.1, 0.15) is 91.2 Å². The van der Waals surface area contributed by atoms with Gasteiger partial charge in [-0.25, -0.2) is 4.79 Å². The molecule has 27 nitrogen and oxygen atoms in total. The fourth-order valence-electron chi connectivity index (χ4n) is 7.58. The number of carbonyl (C=O) groups excluding carboxylic acids is 10. The van der Waals surface area contributed by atoms with Crippen LogP contribution in [0.3, 0.4) is 0 Å². The van der Waals surface area contributed by atoms with Crippen LogP contribution in [-0.2, 0) is 70.4 Å². The number of rotatable bonds is 34. The van der Waals surface area contributed by atoms with Crippen molar-refractivity contribution in [3.05, 3.63) is 65.7 Å². The molecule has 0 saturated heterocycles. The second kappa shape index (κ2) is 32.4. The number of primary amides is 2. The zero-order valence-electron chi connectivity index (χ0n) is 44.4. The van der Waals surface area contributed by atoms with Gasteiger partial charge in [0.2, 0.25) is 59.1 Å². The summed E-state index contributed by atoms with van der Waals surface area (Å²) in [5.41, 5.74) is 17.2. The molecule has 78 heavy (non-hydrogen) atoms. The smallest absolute Gasteiger partial charge is 0.326 e. The van der Waals surface area contributed by atoms with E-state index in [0.29, 0.717) is 17.5 Å². The second-order valence-electron chi connectivity index (χ2n) is 19.2. The van der Waals surface area contributed by atoms with Crippen LogP contribution in [0.15, 0.2) is 54.6 Å². The molecule has 2 aromatic carbocycles. The first-order chi connectivity index (χ1) is 36.6. The molecule has 0 saturated carbocycles. The second-order valence-corrected chi connectivity index (χ2v) is 19.2. The number of amides is 10. The normalized spacial score (nSPS) is 15.3. The molecule has 0 bridgehead atoms. The summed E-state index contributed by atoms with van der Waals surface area (Å²) in [6.07, 6.45) is -2.39. The minimum Gasteiger partial charge on any atom is -0.508 e. The molecule has 11 atom stereocenters. The van der Waals surface area contributed by atoms with E-state index < -0.39 is 163 Å². The van der Waals surface area contributed by atoms with Gasteiger partial charge in [0.1, 0.15) is 54.1 Å². The van der Waals surface area contributed by atoms with Crippen molar-refractivity contribution in [3.8, 4) is 5.75 Å². The first-order valence-corrected chi connectivity index (χ1v) is 25.2. The van der Waals surface area contributed by atoms with Gasteiger partial charge in [-0.05, 0) is 47.4 Å². The van der Waals surface area contributed by atoms with Crippen molar-refractivity contribution in [1.82, 2.24) is 42.5 Å². The summed E-state index contributed by atoms with van der Waals surface area (Å²) < 4.78 is 0. The highest BCUT2D eigenvalue weighted by Crippen LogP contribution is 2.15. The number of hydrogen-bond donors (Lipinski definition) is 15. The Labute approximate surface area is 450 Å². The topological polar surface area (TPSA) is 460 Å². The number of carboxylic acid groups (broad SMARTS) is 2. The predicted molar refractivity (Wildman–Crippen MR) is 278 cm³/mol. The van der Waals surface area contributed by atoms with Crippen molar-refractivity contribution in [3.63, 3.8) is 0 Å². The Hall–Kier alpha value is -8.20. The van der Waals surface area contributed by atoms with Gasteiger partial charge in [0.05, 0.1) is 25.5 Å². The average molecular weight is 1100 g/mol. The quantitative estimate of drug-likeness (QED) is 0.0329. The number of hydrogen-bond acceptors (Lipinski definition) is 15.